The smallest absolute Gasteiger partial charge is 0.304 e. The molecule has 1 aliphatic heterocycles. The van der Waals surface area contributed by atoms with Crippen molar-refractivity contribution in [3.63, 3.8) is 0 Å². The highest BCUT2D eigenvalue weighted by Gasteiger charge is 2.34. The van der Waals surface area contributed by atoms with Crippen LogP contribution in [0.5, 0.6) is 0 Å². The predicted octanol–water partition coefficient (Wildman–Crippen LogP) is 3.00. The van der Waals surface area contributed by atoms with Crippen LogP contribution in [0.2, 0.25) is 0 Å². The fourth-order valence-electron chi connectivity index (χ4n) is 2.87. The van der Waals surface area contributed by atoms with Gasteiger partial charge < -0.3 is 9.15 Å². The number of aromatic nitrogens is 1. The SMILES string of the molecule is CCC1OCCCC1C(=O)N(C)c1nc2ccccc2o1. The number of para-hydroxylation sites is 2. The lowest BCUT2D eigenvalue weighted by Crippen LogP contribution is -2.42. The third-order valence-corrected chi connectivity index (χ3v) is 4.06. The number of oxazole rings is 1. The number of anilines is 1. The average Bonchev–Trinajstić information content (AvgIpc) is 2.97. The molecule has 0 saturated carbocycles. The minimum atomic E-state index is -0.108. The number of amides is 1. The summed E-state index contributed by atoms with van der Waals surface area (Å²) in [5.41, 5.74) is 1.46. The van der Waals surface area contributed by atoms with E-state index in [-0.39, 0.29) is 17.9 Å². The molecule has 0 radical (unpaired) electrons. The molecule has 112 valence electrons. The number of rotatable bonds is 3. The van der Waals surface area contributed by atoms with Gasteiger partial charge in [-0.15, -0.1) is 0 Å². The zero-order chi connectivity index (χ0) is 14.8. The fourth-order valence-corrected chi connectivity index (χ4v) is 2.87. The van der Waals surface area contributed by atoms with E-state index in [2.05, 4.69) is 11.9 Å². The van der Waals surface area contributed by atoms with Gasteiger partial charge in [0, 0.05) is 13.7 Å². The molecule has 1 aliphatic rings. The third-order valence-electron chi connectivity index (χ3n) is 4.06. The maximum atomic E-state index is 12.7. The van der Waals surface area contributed by atoms with Crippen LogP contribution in [-0.2, 0) is 9.53 Å². The minimum absolute atomic E-state index is 0.00178. The van der Waals surface area contributed by atoms with Gasteiger partial charge in [0.15, 0.2) is 5.58 Å². The Morgan fingerprint density at radius 3 is 3.00 bits per heavy atom. The Labute approximate surface area is 123 Å². The van der Waals surface area contributed by atoms with E-state index in [0.29, 0.717) is 11.6 Å². The molecule has 5 nitrogen and oxygen atoms in total. The molecule has 0 bridgehead atoms. The highest BCUT2D eigenvalue weighted by molar-refractivity contribution is 5.94. The Morgan fingerprint density at radius 2 is 2.24 bits per heavy atom. The van der Waals surface area contributed by atoms with Gasteiger partial charge in [-0.05, 0) is 31.4 Å². The summed E-state index contributed by atoms with van der Waals surface area (Å²) < 4.78 is 11.4. The van der Waals surface area contributed by atoms with Gasteiger partial charge in [-0.1, -0.05) is 19.1 Å². The Kier molecular flexibility index (Phi) is 3.92. The molecule has 2 unspecified atom stereocenters. The van der Waals surface area contributed by atoms with Crippen molar-refractivity contribution in [3.05, 3.63) is 24.3 Å². The second-order valence-corrected chi connectivity index (χ2v) is 5.43. The molecule has 2 heterocycles. The highest BCUT2D eigenvalue weighted by Crippen LogP contribution is 2.28. The van der Waals surface area contributed by atoms with Crippen LogP contribution < -0.4 is 4.90 Å². The highest BCUT2D eigenvalue weighted by atomic mass is 16.5. The summed E-state index contributed by atoms with van der Waals surface area (Å²) in [6.45, 7) is 2.80. The number of hydrogen-bond acceptors (Lipinski definition) is 4. The second-order valence-electron chi connectivity index (χ2n) is 5.43. The molecular formula is C16H20N2O3. The van der Waals surface area contributed by atoms with Crippen molar-refractivity contribution in [2.45, 2.75) is 32.3 Å². The largest absolute Gasteiger partial charge is 0.423 e. The van der Waals surface area contributed by atoms with Crippen LogP contribution in [0, 0.1) is 5.92 Å². The van der Waals surface area contributed by atoms with E-state index in [9.17, 15) is 4.79 Å². The van der Waals surface area contributed by atoms with Crippen molar-refractivity contribution in [2.75, 3.05) is 18.6 Å². The van der Waals surface area contributed by atoms with Crippen LogP contribution >= 0.6 is 0 Å². The van der Waals surface area contributed by atoms with Gasteiger partial charge in [0.1, 0.15) is 5.52 Å². The zero-order valence-corrected chi connectivity index (χ0v) is 12.4. The number of carbonyl (C=O) groups excluding carboxylic acids is 1. The van der Waals surface area contributed by atoms with Gasteiger partial charge in [-0.25, -0.2) is 0 Å². The van der Waals surface area contributed by atoms with E-state index in [0.717, 1.165) is 31.4 Å². The molecule has 1 saturated heterocycles. The molecule has 2 aromatic rings. The maximum absolute atomic E-state index is 12.7. The van der Waals surface area contributed by atoms with Crippen molar-refractivity contribution in [2.24, 2.45) is 5.92 Å². The van der Waals surface area contributed by atoms with Crippen LogP contribution in [0.15, 0.2) is 28.7 Å². The van der Waals surface area contributed by atoms with Crippen LogP contribution in [0.3, 0.4) is 0 Å². The van der Waals surface area contributed by atoms with E-state index in [1.807, 2.05) is 24.3 Å². The zero-order valence-electron chi connectivity index (χ0n) is 12.4. The lowest BCUT2D eigenvalue weighted by Gasteiger charge is -2.31. The molecule has 21 heavy (non-hydrogen) atoms. The molecule has 1 aromatic heterocycles. The molecule has 0 N–H and O–H groups in total. The quantitative estimate of drug-likeness (QED) is 0.871. The number of hydrogen-bond donors (Lipinski definition) is 0. The first-order valence-electron chi connectivity index (χ1n) is 7.45. The third kappa shape index (κ3) is 2.65. The molecule has 0 spiro atoms. The molecule has 2 atom stereocenters. The Hall–Kier alpha value is -1.88. The molecule has 5 heteroatoms. The summed E-state index contributed by atoms with van der Waals surface area (Å²) in [6.07, 6.45) is 2.63. The van der Waals surface area contributed by atoms with E-state index in [4.69, 9.17) is 9.15 Å². The summed E-state index contributed by atoms with van der Waals surface area (Å²) in [6, 6.07) is 7.86. The molecule has 0 aliphatic carbocycles. The molecule has 1 fully saturated rings. The summed E-state index contributed by atoms with van der Waals surface area (Å²) >= 11 is 0. The standard InChI is InChI=1S/C16H20N2O3/c1-3-13-11(7-6-10-20-13)15(19)18(2)16-17-12-8-4-5-9-14(12)21-16/h4-5,8-9,11,13H,3,6-7,10H2,1-2H3. The molecule has 1 amide bonds. The Bertz CT molecular complexity index is 604. The number of benzene rings is 1. The fraction of sp³-hybridized carbons (Fsp3) is 0.500. The van der Waals surface area contributed by atoms with Gasteiger partial charge in [0.05, 0.1) is 12.0 Å². The summed E-state index contributed by atoms with van der Waals surface area (Å²) in [4.78, 5) is 18.6. The monoisotopic (exact) mass is 288 g/mol. The van der Waals surface area contributed by atoms with Crippen LogP contribution in [0.25, 0.3) is 11.1 Å². The second kappa shape index (κ2) is 5.85. The molecule has 1 aromatic carbocycles. The number of nitrogens with zero attached hydrogens (tertiary/aromatic N) is 2. The normalized spacial score (nSPS) is 22.4. The van der Waals surface area contributed by atoms with E-state index >= 15 is 0 Å². The topological polar surface area (TPSA) is 55.6 Å². The van der Waals surface area contributed by atoms with Crippen molar-refractivity contribution in [1.29, 1.82) is 0 Å². The molecular weight excluding hydrogens is 268 g/mol. The first-order valence-corrected chi connectivity index (χ1v) is 7.45. The first-order chi connectivity index (χ1) is 10.2. The van der Waals surface area contributed by atoms with Gasteiger partial charge in [0.2, 0.25) is 5.91 Å². The van der Waals surface area contributed by atoms with E-state index < -0.39 is 0 Å². The van der Waals surface area contributed by atoms with E-state index in [1.54, 1.807) is 7.05 Å². The summed E-state index contributed by atoms with van der Waals surface area (Å²) in [7, 11) is 1.72. The van der Waals surface area contributed by atoms with Crippen LogP contribution in [-0.4, -0.2) is 30.6 Å². The lowest BCUT2D eigenvalue weighted by molar-refractivity contribution is -0.131. The molecule has 3 rings (SSSR count). The van der Waals surface area contributed by atoms with Crippen LogP contribution in [0.4, 0.5) is 6.01 Å². The first kappa shape index (κ1) is 14.1. The summed E-state index contributed by atoms with van der Waals surface area (Å²) in [5.74, 6) is -0.0862. The van der Waals surface area contributed by atoms with E-state index in [1.165, 1.54) is 4.90 Å². The van der Waals surface area contributed by atoms with Crippen LogP contribution in [0.1, 0.15) is 26.2 Å². The van der Waals surface area contributed by atoms with Gasteiger partial charge in [-0.3, -0.25) is 9.69 Å². The average molecular weight is 288 g/mol. The van der Waals surface area contributed by atoms with Crippen molar-refractivity contribution >= 4 is 23.0 Å². The van der Waals surface area contributed by atoms with Gasteiger partial charge in [-0.2, -0.15) is 4.98 Å². The maximum Gasteiger partial charge on any atom is 0.304 e. The number of carbonyl (C=O) groups is 1. The summed E-state index contributed by atoms with van der Waals surface area (Å²) in [5, 5.41) is 0. The number of ether oxygens (including phenoxy) is 1. The minimum Gasteiger partial charge on any atom is -0.423 e. The van der Waals surface area contributed by atoms with Crippen molar-refractivity contribution in [3.8, 4) is 0 Å². The Morgan fingerprint density at radius 1 is 1.43 bits per heavy atom. The van der Waals surface area contributed by atoms with Gasteiger partial charge in [0.25, 0.3) is 0 Å². The number of fused-ring (bicyclic) bond motifs is 1. The Balaban J connectivity index is 1.83. The van der Waals surface area contributed by atoms with Gasteiger partial charge >= 0.3 is 6.01 Å². The van der Waals surface area contributed by atoms with Crippen molar-refractivity contribution in [1.82, 2.24) is 4.98 Å². The van der Waals surface area contributed by atoms with Crippen molar-refractivity contribution < 1.29 is 13.9 Å². The predicted molar refractivity (Wildman–Crippen MR) is 80.2 cm³/mol. The lowest BCUT2D eigenvalue weighted by atomic mass is 9.91.